The Balaban J connectivity index is 2.06. The van der Waals surface area contributed by atoms with E-state index in [1.54, 1.807) is 0 Å². The van der Waals surface area contributed by atoms with Crippen LogP contribution >= 0.6 is 0 Å². The summed E-state index contributed by atoms with van der Waals surface area (Å²) < 4.78 is 1.91. The van der Waals surface area contributed by atoms with Gasteiger partial charge in [-0.15, -0.1) is 0 Å². The van der Waals surface area contributed by atoms with Crippen molar-refractivity contribution < 1.29 is 4.79 Å². The summed E-state index contributed by atoms with van der Waals surface area (Å²) in [6.45, 7) is 5.49. The van der Waals surface area contributed by atoms with Crippen LogP contribution in [-0.2, 0) is 11.3 Å². The third kappa shape index (κ3) is 2.70. The summed E-state index contributed by atoms with van der Waals surface area (Å²) in [6, 6.07) is 6.14. The van der Waals surface area contributed by atoms with Crippen molar-refractivity contribution in [1.29, 1.82) is 0 Å². The van der Waals surface area contributed by atoms with Crippen LogP contribution in [0.25, 0.3) is 10.9 Å². The van der Waals surface area contributed by atoms with Crippen molar-refractivity contribution in [2.24, 2.45) is 0 Å². The van der Waals surface area contributed by atoms with Gasteiger partial charge in [-0.25, -0.2) is 0 Å². The molecule has 1 heterocycles. The number of nitrogens with zero attached hydrogens (tertiary/aromatic N) is 2. The number of aryl methyl sites for hydroxylation is 2. The van der Waals surface area contributed by atoms with Crippen LogP contribution in [-0.4, -0.2) is 22.2 Å². The van der Waals surface area contributed by atoms with Gasteiger partial charge < -0.3 is 5.32 Å². The zero-order valence-corrected chi connectivity index (χ0v) is 10.9. The highest BCUT2D eigenvalue weighted by atomic mass is 16.1. The van der Waals surface area contributed by atoms with Crippen LogP contribution in [0.5, 0.6) is 0 Å². The van der Waals surface area contributed by atoms with Crippen molar-refractivity contribution in [1.82, 2.24) is 15.1 Å². The molecule has 0 saturated carbocycles. The van der Waals surface area contributed by atoms with Gasteiger partial charge in [-0.05, 0) is 18.9 Å². The minimum Gasteiger partial charge on any atom is -0.356 e. The molecule has 4 nitrogen and oxygen atoms in total. The Bertz CT molecular complexity index is 545. The average molecular weight is 245 g/mol. The zero-order chi connectivity index (χ0) is 13.0. The number of carbonyl (C=O) groups is 1. The molecule has 0 fully saturated rings. The molecule has 0 radical (unpaired) electrons. The van der Waals surface area contributed by atoms with Gasteiger partial charge in [0, 0.05) is 18.4 Å². The Morgan fingerprint density at radius 2 is 2.28 bits per heavy atom. The summed E-state index contributed by atoms with van der Waals surface area (Å²) in [7, 11) is 0. The molecular formula is C14H19N3O. The second-order valence-corrected chi connectivity index (χ2v) is 4.48. The molecule has 0 aliphatic heterocycles. The van der Waals surface area contributed by atoms with Crippen LogP contribution < -0.4 is 5.32 Å². The average Bonchev–Trinajstić information content (AvgIpc) is 2.78. The molecule has 1 amide bonds. The Hall–Kier alpha value is -1.84. The van der Waals surface area contributed by atoms with Crippen molar-refractivity contribution in [3.05, 3.63) is 30.0 Å². The van der Waals surface area contributed by atoms with E-state index in [9.17, 15) is 4.79 Å². The van der Waals surface area contributed by atoms with Crippen LogP contribution in [0.3, 0.4) is 0 Å². The highest BCUT2D eigenvalue weighted by Crippen LogP contribution is 2.17. The molecule has 1 N–H and O–H groups in total. The molecule has 2 aromatic rings. The standard InChI is InChI=1S/C14H19N3O/c1-3-8-15-13(18)7-9-17-14-11(2)5-4-6-12(14)10-16-17/h4-6,10H,3,7-9H2,1-2H3,(H,15,18). The van der Waals surface area contributed by atoms with Crippen LogP contribution in [0.15, 0.2) is 24.4 Å². The van der Waals surface area contributed by atoms with E-state index in [4.69, 9.17) is 0 Å². The summed E-state index contributed by atoms with van der Waals surface area (Å²) in [6.07, 6.45) is 3.30. The maximum absolute atomic E-state index is 11.6. The highest BCUT2D eigenvalue weighted by Gasteiger charge is 2.07. The molecule has 1 aromatic heterocycles. The number of aromatic nitrogens is 2. The highest BCUT2D eigenvalue weighted by molar-refractivity contribution is 5.82. The van der Waals surface area contributed by atoms with Crippen molar-refractivity contribution in [3.8, 4) is 0 Å². The molecule has 0 atom stereocenters. The van der Waals surface area contributed by atoms with E-state index < -0.39 is 0 Å². The monoisotopic (exact) mass is 245 g/mol. The van der Waals surface area contributed by atoms with Crippen molar-refractivity contribution >= 4 is 16.8 Å². The van der Waals surface area contributed by atoms with Gasteiger partial charge in [0.15, 0.2) is 0 Å². The molecule has 0 bridgehead atoms. The van der Waals surface area contributed by atoms with E-state index in [2.05, 4.69) is 23.4 Å². The van der Waals surface area contributed by atoms with E-state index in [1.165, 1.54) is 5.56 Å². The van der Waals surface area contributed by atoms with E-state index >= 15 is 0 Å². The largest absolute Gasteiger partial charge is 0.356 e. The van der Waals surface area contributed by atoms with Crippen LogP contribution in [0, 0.1) is 6.92 Å². The van der Waals surface area contributed by atoms with Gasteiger partial charge >= 0.3 is 0 Å². The second kappa shape index (κ2) is 5.67. The zero-order valence-electron chi connectivity index (χ0n) is 10.9. The normalized spacial score (nSPS) is 10.8. The van der Waals surface area contributed by atoms with Gasteiger partial charge in [0.05, 0.1) is 18.3 Å². The first-order valence-corrected chi connectivity index (χ1v) is 6.40. The number of hydrogen-bond acceptors (Lipinski definition) is 2. The molecule has 0 saturated heterocycles. The summed E-state index contributed by atoms with van der Waals surface area (Å²) in [4.78, 5) is 11.6. The van der Waals surface area contributed by atoms with Gasteiger partial charge in [-0.3, -0.25) is 9.48 Å². The molecule has 0 unspecified atom stereocenters. The van der Waals surface area contributed by atoms with E-state index in [0.29, 0.717) is 13.0 Å². The Morgan fingerprint density at radius 1 is 1.44 bits per heavy atom. The molecular weight excluding hydrogens is 226 g/mol. The number of hydrogen-bond donors (Lipinski definition) is 1. The SMILES string of the molecule is CCCNC(=O)CCn1ncc2cccc(C)c21. The Labute approximate surface area is 107 Å². The predicted octanol–water partition coefficient (Wildman–Crippen LogP) is 2.26. The molecule has 0 aliphatic rings. The van der Waals surface area contributed by atoms with Gasteiger partial charge in [0.1, 0.15) is 0 Å². The Kier molecular flexibility index (Phi) is 3.97. The maximum atomic E-state index is 11.6. The molecule has 96 valence electrons. The van der Waals surface area contributed by atoms with Crippen molar-refractivity contribution in [2.45, 2.75) is 33.2 Å². The fraction of sp³-hybridized carbons (Fsp3) is 0.429. The minimum absolute atomic E-state index is 0.0917. The van der Waals surface area contributed by atoms with Gasteiger partial charge in [0.2, 0.25) is 5.91 Å². The van der Waals surface area contributed by atoms with E-state index in [-0.39, 0.29) is 5.91 Å². The van der Waals surface area contributed by atoms with Crippen molar-refractivity contribution in [3.63, 3.8) is 0 Å². The topological polar surface area (TPSA) is 46.9 Å². The van der Waals surface area contributed by atoms with Crippen molar-refractivity contribution in [2.75, 3.05) is 6.54 Å². The number of rotatable bonds is 5. The molecule has 18 heavy (non-hydrogen) atoms. The predicted molar refractivity (Wildman–Crippen MR) is 72.4 cm³/mol. The third-order valence-electron chi connectivity index (χ3n) is 2.99. The van der Waals surface area contributed by atoms with Crippen LogP contribution in [0.4, 0.5) is 0 Å². The van der Waals surface area contributed by atoms with Crippen LogP contribution in [0.2, 0.25) is 0 Å². The second-order valence-electron chi connectivity index (χ2n) is 4.48. The number of para-hydroxylation sites is 1. The van der Waals surface area contributed by atoms with Gasteiger partial charge in [-0.2, -0.15) is 5.10 Å². The quantitative estimate of drug-likeness (QED) is 0.878. The number of carbonyl (C=O) groups excluding carboxylic acids is 1. The van der Waals surface area contributed by atoms with Gasteiger partial charge in [-0.1, -0.05) is 25.1 Å². The molecule has 4 heteroatoms. The molecule has 0 aliphatic carbocycles. The molecule has 0 spiro atoms. The number of benzene rings is 1. The number of amides is 1. The lowest BCUT2D eigenvalue weighted by Crippen LogP contribution is -2.25. The lowest BCUT2D eigenvalue weighted by molar-refractivity contribution is -0.121. The van der Waals surface area contributed by atoms with Gasteiger partial charge in [0.25, 0.3) is 0 Å². The number of nitrogens with one attached hydrogen (secondary N) is 1. The van der Waals surface area contributed by atoms with Crippen LogP contribution in [0.1, 0.15) is 25.3 Å². The summed E-state index contributed by atoms with van der Waals surface area (Å²) in [5, 5.41) is 8.35. The molecule has 2 rings (SSSR count). The lowest BCUT2D eigenvalue weighted by Gasteiger charge is -2.06. The third-order valence-corrected chi connectivity index (χ3v) is 2.99. The summed E-state index contributed by atoms with van der Waals surface area (Å²) >= 11 is 0. The first kappa shape index (κ1) is 12.6. The van der Waals surface area contributed by atoms with E-state index in [1.807, 2.05) is 29.9 Å². The lowest BCUT2D eigenvalue weighted by atomic mass is 10.2. The first-order chi connectivity index (χ1) is 8.72. The Morgan fingerprint density at radius 3 is 3.06 bits per heavy atom. The first-order valence-electron chi connectivity index (χ1n) is 6.40. The fourth-order valence-corrected chi connectivity index (χ4v) is 2.06. The minimum atomic E-state index is 0.0917. The fourth-order valence-electron chi connectivity index (χ4n) is 2.06. The smallest absolute Gasteiger partial charge is 0.221 e. The summed E-state index contributed by atoms with van der Waals surface area (Å²) in [5.74, 6) is 0.0917. The molecule has 1 aromatic carbocycles. The summed E-state index contributed by atoms with van der Waals surface area (Å²) in [5.41, 5.74) is 2.32. The maximum Gasteiger partial charge on any atom is 0.221 e. The van der Waals surface area contributed by atoms with E-state index in [0.717, 1.165) is 23.9 Å². The number of fused-ring (bicyclic) bond motifs is 1.